The highest BCUT2D eigenvalue weighted by atomic mass is 32.2. The van der Waals surface area contributed by atoms with E-state index in [1.54, 1.807) is 31.3 Å². The first-order valence-corrected chi connectivity index (χ1v) is 15.5. The number of hydrogen-bond acceptors (Lipinski definition) is 6. The molecule has 5 rings (SSSR count). The van der Waals surface area contributed by atoms with Crippen molar-refractivity contribution in [3.05, 3.63) is 71.6 Å². The molecule has 1 fully saturated rings. The topological polar surface area (TPSA) is 75.2 Å². The van der Waals surface area contributed by atoms with E-state index in [-0.39, 0.29) is 15.8 Å². The van der Waals surface area contributed by atoms with Crippen LogP contribution < -0.4 is 10.2 Å². The summed E-state index contributed by atoms with van der Waals surface area (Å²) in [7, 11) is -3.61. The van der Waals surface area contributed by atoms with E-state index in [0.717, 1.165) is 49.5 Å². The number of anilines is 3. The summed E-state index contributed by atoms with van der Waals surface area (Å²) in [6.45, 7) is 7.78. The van der Waals surface area contributed by atoms with Crippen LogP contribution in [0.1, 0.15) is 43.7 Å². The van der Waals surface area contributed by atoms with Crippen molar-refractivity contribution in [2.24, 2.45) is 5.92 Å². The van der Waals surface area contributed by atoms with E-state index in [9.17, 15) is 12.8 Å². The minimum absolute atomic E-state index is 0.0865. The van der Waals surface area contributed by atoms with Gasteiger partial charge in [0.25, 0.3) is 0 Å². The van der Waals surface area contributed by atoms with E-state index < -0.39 is 21.5 Å². The normalized spacial score (nSPS) is 16.6. The van der Waals surface area contributed by atoms with Crippen molar-refractivity contribution in [2.75, 3.05) is 29.6 Å². The molecule has 1 aliphatic heterocycles. The van der Waals surface area contributed by atoms with Gasteiger partial charge in [-0.2, -0.15) is 0 Å². The average molecular weight is 565 g/mol. The molecule has 0 saturated carbocycles. The molecule has 40 heavy (non-hydrogen) atoms. The third-order valence-corrected chi connectivity index (χ3v) is 8.82. The van der Waals surface area contributed by atoms with Gasteiger partial charge >= 0.3 is 0 Å². The second kappa shape index (κ2) is 11.1. The SMILES string of the molecule is Cc1ccc(S(C)(=O)=O)c(-c2nc3cc(F)cc(F)c3c(Nc3cncc(N4CCCCC(C)CC4)c3)c2C)c1. The number of nitrogens with one attached hydrogen (secondary N) is 1. The highest BCUT2D eigenvalue weighted by Gasteiger charge is 2.23. The first-order valence-electron chi connectivity index (χ1n) is 13.6. The Kier molecular flexibility index (Phi) is 7.77. The van der Waals surface area contributed by atoms with E-state index in [1.807, 2.05) is 19.2 Å². The van der Waals surface area contributed by atoms with Crippen molar-refractivity contribution in [1.82, 2.24) is 9.97 Å². The fourth-order valence-electron chi connectivity index (χ4n) is 5.48. The molecule has 6 nitrogen and oxygen atoms in total. The molecule has 9 heteroatoms. The van der Waals surface area contributed by atoms with Crippen LogP contribution >= 0.6 is 0 Å². The van der Waals surface area contributed by atoms with Crippen molar-refractivity contribution in [3.63, 3.8) is 0 Å². The molecule has 4 aromatic rings. The van der Waals surface area contributed by atoms with E-state index in [0.29, 0.717) is 34.1 Å². The monoisotopic (exact) mass is 564 g/mol. The smallest absolute Gasteiger partial charge is 0.176 e. The summed E-state index contributed by atoms with van der Waals surface area (Å²) in [6, 6.07) is 8.99. The number of aryl methyl sites for hydroxylation is 1. The number of sulfone groups is 1. The van der Waals surface area contributed by atoms with Crippen molar-refractivity contribution >= 4 is 37.8 Å². The van der Waals surface area contributed by atoms with Crippen LogP contribution in [0.4, 0.5) is 25.8 Å². The number of halogens is 2. The number of rotatable bonds is 5. The Bertz CT molecular complexity index is 1690. The van der Waals surface area contributed by atoms with Crippen LogP contribution in [0.25, 0.3) is 22.2 Å². The molecule has 1 unspecified atom stereocenters. The van der Waals surface area contributed by atoms with Gasteiger partial charge in [-0.15, -0.1) is 0 Å². The highest BCUT2D eigenvalue weighted by Crippen LogP contribution is 2.39. The summed E-state index contributed by atoms with van der Waals surface area (Å²) in [5, 5.41) is 3.46. The molecule has 1 atom stereocenters. The molecule has 1 N–H and O–H groups in total. The Hall–Kier alpha value is -3.59. The zero-order chi connectivity index (χ0) is 28.6. The average Bonchev–Trinajstić information content (AvgIpc) is 2.87. The molecule has 0 bridgehead atoms. The fourth-order valence-corrected chi connectivity index (χ4v) is 6.35. The lowest BCUT2D eigenvalue weighted by molar-refractivity contribution is 0.438. The largest absolute Gasteiger partial charge is 0.370 e. The Balaban J connectivity index is 1.66. The third kappa shape index (κ3) is 5.80. The Morgan fingerprint density at radius 2 is 1.80 bits per heavy atom. The van der Waals surface area contributed by atoms with Crippen molar-refractivity contribution < 1.29 is 17.2 Å². The molecule has 2 aromatic heterocycles. The molecule has 0 aliphatic carbocycles. The molecule has 1 saturated heterocycles. The summed E-state index contributed by atoms with van der Waals surface area (Å²) >= 11 is 0. The van der Waals surface area contributed by atoms with Crippen LogP contribution in [-0.4, -0.2) is 37.7 Å². The van der Waals surface area contributed by atoms with Gasteiger partial charge in [-0.1, -0.05) is 31.4 Å². The molecule has 0 radical (unpaired) electrons. The van der Waals surface area contributed by atoms with Crippen molar-refractivity contribution in [1.29, 1.82) is 0 Å². The van der Waals surface area contributed by atoms with Crippen LogP contribution in [0.15, 0.2) is 53.7 Å². The first kappa shape index (κ1) is 28.0. The predicted octanol–water partition coefficient (Wildman–Crippen LogP) is 7.36. The minimum Gasteiger partial charge on any atom is -0.370 e. The lowest BCUT2D eigenvalue weighted by atomic mass is 9.98. The minimum atomic E-state index is -3.61. The molecule has 210 valence electrons. The Morgan fingerprint density at radius 1 is 1.00 bits per heavy atom. The van der Waals surface area contributed by atoms with E-state index in [1.165, 1.54) is 18.9 Å². The lowest BCUT2D eigenvalue weighted by Gasteiger charge is -2.29. The number of pyridine rings is 2. The Morgan fingerprint density at radius 3 is 2.58 bits per heavy atom. The summed E-state index contributed by atoms with van der Waals surface area (Å²) in [5.41, 5.74) is 4.19. The van der Waals surface area contributed by atoms with Gasteiger partial charge in [0.2, 0.25) is 0 Å². The van der Waals surface area contributed by atoms with E-state index in [2.05, 4.69) is 27.1 Å². The van der Waals surface area contributed by atoms with Crippen LogP contribution in [0.3, 0.4) is 0 Å². The molecule has 0 amide bonds. The Labute approximate surface area is 234 Å². The molecule has 0 spiro atoms. The molecular formula is C31H34F2N4O2S. The summed E-state index contributed by atoms with van der Waals surface area (Å²) < 4.78 is 55.0. The summed E-state index contributed by atoms with van der Waals surface area (Å²) in [5.74, 6) is -0.849. The van der Waals surface area contributed by atoms with E-state index >= 15 is 4.39 Å². The van der Waals surface area contributed by atoms with Gasteiger partial charge in [0, 0.05) is 37.0 Å². The number of aromatic nitrogens is 2. The van der Waals surface area contributed by atoms with Crippen molar-refractivity contribution in [2.45, 2.75) is 51.3 Å². The van der Waals surface area contributed by atoms with Crippen LogP contribution in [-0.2, 0) is 9.84 Å². The second-order valence-electron chi connectivity index (χ2n) is 10.9. The third-order valence-electron chi connectivity index (χ3n) is 7.66. The van der Waals surface area contributed by atoms with Crippen LogP contribution in [0, 0.1) is 31.4 Å². The van der Waals surface area contributed by atoms with Gasteiger partial charge in [-0.3, -0.25) is 4.98 Å². The highest BCUT2D eigenvalue weighted by molar-refractivity contribution is 7.90. The number of hydrogen-bond donors (Lipinski definition) is 1. The van der Waals surface area contributed by atoms with Crippen molar-refractivity contribution in [3.8, 4) is 11.3 Å². The summed E-state index contributed by atoms with van der Waals surface area (Å²) in [4.78, 5) is 11.5. The lowest BCUT2D eigenvalue weighted by Crippen LogP contribution is -2.28. The maximum absolute atomic E-state index is 15.3. The summed E-state index contributed by atoms with van der Waals surface area (Å²) in [6.07, 6.45) is 9.29. The second-order valence-corrected chi connectivity index (χ2v) is 12.9. The standard InChI is InChI=1S/C31H34F2N4O2S/c1-19-7-5-6-11-37(12-10-19)24-16-23(17-34-18-24)35-31-21(3)30(36-27-15-22(32)14-26(33)29(27)31)25-13-20(2)8-9-28(25)40(4,38)39/h8-9,13-19H,5-7,10-12H2,1-4H3,(H,35,36). The fraction of sp³-hybridized carbons (Fsp3) is 0.355. The molecular weight excluding hydrogens is 530 g/mol. The van der Waals surface area contributed by atoms with Gasteiger partial charge in [-0.05, 0) is 56.4 Å². The predicted molar refractivity (Wildman–Crippen MR) is 157 cm³/mol. The number of nitrogens with zero attached hydrogens (tertiary/aromatic N) is 3. The number of fused-ring (bicyclic) bond motifs is 1. The molecule has 1 aliphatic rings. The molecule has 3 heterocycles. The number of benzene rings is 2. The zero-order valence-electron chi connectivity index (χ0n) is 23.3. The van der Waals surface area contributed by atoms with Crippen LogP contribution in [0.5, 0.6) is 0 Å². The first-order chi connectivity index (χ1) is 19.0. The van der Waals surface area contributed by atoms with Gasteiger partial charge in [0.05, 0.1) is 50.9 Å². The van der Waals surface area contributed by atoms with E-state index in [4.69, 9.17) is 0 Å². The quantitative estimate of drug-likeness (QED) is 0.273. The van der Waals surface area contributed by atoms with Gasteiger partial charge in [0.1, 0.15) is 11.6 Å². The maximum atomic E-state index is 15.3. The van der Waals surface area contributed by atoms with Gasteiger partial charge in [-0.25, -0.2) is 22.2 Å². The zero-order valence-corrected chi connectivity index (χ0v) is 24.1. The van der Waals surface area contributed by atoms with Gasteiger partial charge < -0.3 is 10.2 Å². The molecule has 2 aromatic carbocycles. The maximum Gasteiger partial charge on any atom is 0.176 e. The van der Waals surface area contributed by atoms with Gasteiger partial charge in [0.15, 0.2) is 9.84 Å². The van der Waals surface area contributed by atoms with Crippen LogP contribution in [0.2, 0.25) is 0 Å².